The summed E-state index contributed by atoms with van der Waals surface area (Å²) < 4.78 is 0. The third kappa shape index (κ3) is 4.52. The highest BCUT2D eigenvalue weighted by Gasteiger charge is 2.19. The van der Waals surface area contributed by atoms with E-state index in [1.165, 1.54) is 5.56 Å². The molecule has 0 amide bonds. The van der Waals surface area contributed by atoms with Gasteiger partial charge in [-0.15, -0.1) is 0 Å². The highest BCUT2D eigenvalue weighted by atomic mass is 32.1. The molecule has 2 aromatic rings. The van der Waals surface area contributed by atoms with Gasteiger partial charge in [-0.05, 0) is 68.5 Å². The molecule has 1 aromatic carbocycles. The average molecular weight is 340 g/mol. The van der Waals surface area contributed by atoms with E-state index in [4.69, 9.17) is 12.2 Å². The van der Waals surface area contributed by atoms with Crippen molar-refractivity contribution < 1.29 is 0 Å². The molecule has 0 saturated carbocycles. The minimum atomic E-state index is 0.0282. The summed E-state index contributed by atoms with van der Waals surface area (Å²) in [5, 5.41) is 7.69. The molecular formula is C19H24N4S. The average Bonchev–Trinajstić information content (AvgIpc) is 2.63. The molecule has 1 saturated heterocycles. The van der Waals surface area contributed by atoms with Gasteiger partial charge in [0.25, 0.3) is 0 Å². The van der Waals surface area contributed by atoms with Crippen molar-refractivity contribution in [3.05, 3.63) is 66.0 Å². The molecule has 1 aromatic heterocycles. The van der Waals surface area contributed by atoms with E-state index in [0.717, 1.165) is 36.6 Å². The number of nitrogens with one attached hydrogen (secondary N) is 2. The predicted molar refractivity (Wildman–Crippen MR) is 102 cm³/mol. The fourth-order valence-electron chi connectivity index (χ4n) is 3.07. The van der Waals surface area contributed by atoms with Gasteiger partial charge < -0.3 is 15.5 Å². The van der Waals surface area contributed by atoms with Crippen LogP contribution in [-0.4, -0.2) is 41.2 Å². The van der Waals surface area contributed by atoms with Gasteiger partial charge in [0.15, 0.2) is 5.11 Å². The van der Waals surface area contributed by atoms with Crippen LogP contribution in [0.5, 0.6) is 0 Å². The van der Waals surface area contributed by atoms with Crippen molar-refractivity contribution in [3.63, 3.8) is 0 Å². The van der Waals surface area contributed by atoms with E-state index >= 15 is 0 Å². The van der Waals surface area contributed by atoms with E-state index < -0.39 is 0 Å². The summed E-state index contributed by atoms with van der Waals surface area (Å²) in [6.45, 7) is 2.24. The van der Waals surface area contributed by atoms with Crippen molar-refractivity contribution in [2.45, 2.75) is 24.9 Å². The lowest BCUT2D eigenvalue weighted by Gasteiger charge is -2.31. The normalized spacial score (nSPS) is 17.2. The van der Waals surface area contributed by atoms with Crippen LogP contribution in [0.4, 0.5) is 0 Å². The molecule has 0 unspecified atom stereocenters. The first-order valence-corrected chi connectivity index (χ1v) is 8.83. The van der Waals surface area contributed by atoms with E-state index in [2.05, 4.69) is 51.8 Å². The maximum Gasteiger partial charge on any atom is 0.167 e. The van der Waals surface area contributed by atoms with Gasteiger partial charge in [0.05, 0.1) is 6.04 Å². The molecule has 0 radical (unpaired) electrons. The number of pyridine rings is 1. The molecule has 0 aliphatic carbocycles. The summed E-state index contributed by atoms with van der Waals surface area (Å²) in [7, 11) is 2.17. The van der Waals surface area contributed by atoms with Crippen molar-refractivity contribution in [1.82, 2.24) is 20.5 Å². The number of likely N-dealkylation sites (tertiary alicyclic amines) is 1. The molecule has 0 bridgehead atoms. The third-order valence-corrected chi connectivity index (χ3v) is 4.74. The molecule has 2 N–H and O–H groups in total. The van der Waals surface area contributed by atoms with E-state index in [1.54, 1.807) is 0 Å². The first-order chi connectivity index (χ1) is 11.7. The Morgan fingerprint density at radius 1 is 1.08 bits per heavy atom. The van der Waals surface area contributed by atoms with Crippen LogP contribution in [0.25, 0.3) is 0 Å². The molecule has 1 fully saturated rings. The van der Waals surface area contributed by atoms with Gasteiger partial charge in [0.1, 0.15) is 0 Å². The molecule has 4 nitrogen and oxygen atoms in total. The van der Waals surface area contributed by atoms with Crippen molar-refractivity contribution >= 4 is 17.3 Å². The third-order valence-electron chi connectivity index (χ3n) is 4.50. The predicted octanol–water partition coefficient (Wildman–Crippen LogP) is 2.73. The van der Waals surface area contributed by atoms with E-state index in [9.17, 15) is 0 Å². The fourth-order valence-corrected chi connectivity index (χ4v) is 3.36. The monoisotopic (exact) mass is 340 g/mol. The van der Waals surface area contributed by atoms with Crippen LogP contribution in [0.1, 0.15) is 30.0 Å². The molecular weight excluding hydrogens is 316 g/mol. The summed E-state index contributed by atoms with van der Waals surface area (Å²) in [6.07, 6.45) is 5.90. The summed E-state index contributed by atoms with van der Waals surface area (Å²) in [6, 6.07) is 14.9. The van der Waals surface area contributed by atoms with Crippen LogP contribution in [0.15, 0.2) is 54.9 Å². The first-order valence-electron chi connectivity index (χ1n) is 8.43. The highest BCUT2D eigenvalue weighted by molar-refractivity contribution is 7.80. The second-order valence-electron chi connectivity index (χ2n) is 6.32. The lowest BCUT2D eigenvalue weighted by atomic mass is 10.00. The van der Waals surface area contributed by atoms with Crippen LogP contribution >= 0.6 is 12.2 Å². The van der Waals surface area contributed by atoms with E-state index in [0.29, 0.717) is 6.04 Å². The zero-order chi connectivity index (χ0) is 16.8. The molecule has 0 spiro atoms. The van der Waals surface area contributed by atoms with Gasteiger partial charge in [-0.1, -0.05) is 30.3 Å². The molecule has 24 heavy (non-hydrogen) atoms. The topological polar surface area (TPSA) is 40.2 Å². The van der Waals surface area contributed by atoms with Crippen LogP contribution in [0, 0.1) is 0 Å². The first kappa shape index (κ1) is 16.9. The lowest BCUT2D eigenvalue weighted by Crippen LogP contribution is -2.47. The maximum absolute atomic E-state index is 5.59. The van der Waals surface area contributed by atoms with Crippen molar-refractivity contribution in [2.75, 3.05) is 20.1 Å². The zero-order valence-electron chi connectivity index (χ0n) is 14.0. The Morgan fingerprint density at radius 3 is 2.38 bits per heavy atom. The number of thiocarbonyl (C=S) groups is 1. The molecule has 1 aliphatic heterocycles. The Kier molecular flexibility index (Phi) is 5.77. The fraction of sp³-hybridized carbons (Fsp3) is 0.368. The van der Waals surface area contributed by atoms with E-state index in [1.807, 2.05) is 30.6 Å². The Balaban J connectivity index is 1.69. The van der Waals surface area contributed by atoms with Gasteiger partial charge >= 0.3 is 0 Å². The Morgan fingerprint density at radius 2 is 1.71 bits per heavy atom. The summed E-state index contributed by atoms with van der Waals surface area (Å²) in [4.78, 5) is 6.48. The Bertz CT molecular complexity index is 599. The number of benzene rings is 1. The second kappa shape index (κ2) is 8.22. The van der Waals surface area contributed by atoms with Crippen molar-refractivity contribution in [3.8, 4) is 0 Å². The Hall–Kier alpha value is -1.98. The van der Waals surface area contributed by atoms with Gasteiger partial charge in [0.2, 0.25) is 0 Å². The number of hydrogen-bond acceptors (Lipinski definition) is 3. The van der Waals surface area contributed by atoms with Gasteiger partial charge in [-0.2, -0.15) is 0 Å². The quantitative estimate of drug-likeness (QED) is 0.838. The Labute approximate surface area is 149 Å². The molecule has 5 heteroatoms. The summed E-state index contributed by atoms with van der Waals surface area (Å²) >= 11 is 5.59. The maximum atomic E-state index is 5.59. The van der Waals surface area contributed by atoms with Crippen LogP contribution < -0.4 is 10.6 Å². The van der Waals surface area contributed by atoms with Gasteiger partial charge in [0, 0.05) is 18.4 Å². The second-order valence-corrected chi connectivity index (χ2v) is 6.73. The number of nitrogens with zero attached hydrogens (tertiary/aromatic N) is 2. The summed E-state index contributed by atoms with van der Waals surface area (Å²) in [5.74, 6) is 0. The van der Waals surface area contributed by atoms with Crippen LogP contribution in [-0.2, 0) is 0 Å². The number of rotatable bonds is 4. The molecule has 1 atom stereocenters. The zero-order valence-corrected chi connectivity index (χ0v) is 14.8. The largest absolute Gasteiger partial charge is 0.360 e. The van der Waals surface area contributed by atoms with Crippen molar-refractivity contribution in [1.29, 1.82) is 0 Å². The molecule has 2 heterocycles. The van der Waals surface area contributed by atoms with Crippen molar-refractivity contribution in [2.24, 2.45) is 0 Å². The number of aromatic nitrogens is 1. The van der Waals surface area contributed by atoms with Crippen LogP contribution in [0.3, 0.4) is 0 Å². The highest BCUT2D eigenvalue weighted by Crippen LogP contribution is 2.21. The van der Waals surface area contributed by atoms with E-state index in [-0.39, 0.29) is 6.04 Å². The lowest BCUT2D eigenvalue weighted by molar-refractivity contribution is 0.246. The standard InChI is InChI=1S/C19H24N4S/c1-23-13-9-17(10-14-23)21-19(24)22-18(15-5-3-2-4-6-15)16-7-11-20-12-8-16/h2-8,11-12,17-18H,9-10,13-14H2,1H3,(H2,21,22,24)/t18-/m0/s1. The summed E-state index contributed by atoms with van der Waals surface area (Å²) in [5.41, 5.74) is 2.35. The van der Waals surface area contributed by atoms with Gasteiger partial charge in [-0.25, -0.2) is 0 Å². The molecule has 1 aliphatic rings. The van der Waals surface area contributed by atoms with Gasteiger partial charge in [-0.3, -0.25) is 4.98 Å². The molecule has 126 valence electrons. The minimum Gasteiger partial charge on any atom is -0.360 e. The SMILES string of the molecule is CN1CCC(NC(=S)N[C@@H](c2ccccc2)c2ccncc2)CC1. The number of piperidine rings is 1. The van der Waals surface area contributed by atoms with Crippen LogP contribution in [0.2, 0.25) is 0 Å². The number of hydrogen-bond donors (Lipinski definition) is 2. The minimum absolute atomic E-state index is 0.0282. The smallest absolute Gasteiger partial charge is 0.167 e. The molecule has 3 rings (SSSR count).